The third-order valence-electron chi connectivity index (χ3n) is 0.696. The van der Waals surface area contributed by atoms with Gasteiger partial charge in [0, 0.05) is 7.74 Å². The Morgan fingerprint density at radius 2 is 2.29 bits per heavy atom. The smallest absolute Gasteiger partial charge is 0.212 e. The highest BCUT2D eigenvalue weighted by Gasteiger charge is 1.81. The number of hydrogen-bond donors (Lipinski definition) is 0. The van der Waals surface area contributed by atoms with Crippen LogP contribution in [0.1, 0.15) is 6.92 Å². The van der Waals surface area contributed by atoms with Gasteiger partial charge >= 0.3 is 0 Å². The molecule has 7 heavy (non-hydrogen) atoms. The van der Waals surface area contributed by atoms with Crippen molar-refractivity contribution in [2.75, 3.05) is 0 Å². The lowest BCUT2D eigenvalue weighted by atomic mass is 9.66. The normalized spacial score (nSPS) is 10.9. The van der Waals surface area contributed by atoms with Crippen LogP contribution in [-0.2, 0) is 0 Å². The maximum Gasteiger partial charge on any atom is 0.212 e. The molecule has 0 amide bonds. The van der Waals surface area contributed by atoms with Gasteiger partial charge in [0.15, 0.2) is 7.28 Å². The van der Waals surface area contributed by atoms with Crippen LogP contribution in [0.2, 0.25) is 6.82 Å². The summed E-state index contributed by atoms with van der Waals surface area (Å²) in [4.78, 5) is 3.76. The van der Waals surface area contributed by atoms with E-state index in [0.717, 1.165) is 5.61 Å². The summed E-state index contributed by atoms with van der Waals surface area (Å²) in [6.07, 6.45) is 0. The van der Waals surface area contributed by atoms with Gasteiger partial charge in [-0.15, -0.1) is 0 Å². The minimum absolute atomic E-state index is 0.947. The maximum absolute atomic E-state index is 4.97. The summed E-state index contributed by atoms with van der Waals surface area (Å²) < 4.78 is 0. The molecule has 0 aromatic heterocycles. The van der Waals surface area contributed by atoms with Gasteiger partial charge in [0.2, 0.25) is 7.31 Å². The summed E-state index contributed by atoms with van der Waals surface area (Å²) in [5.74, 6) is 0. The molecule has 4 radical (unpaired) electrons. The van der Waals surface area contributed by atoms with Crippen LogP contribution in [0.4, 0.5) is 0 Å². The monoisotopic (exact) mass is 89.1 g/mol. The predicted octanol–water partition coefficient (Wildman–Crippen LogP) is -0.140. The average molecular weight is 88.5 g/mol. The van der Waals surface area contributed by atoms with Crippen LogP contribution in [0, 0.1) is 0 Å². The first-order valence-corrected chi connectivity index (χ1v) is 2.18. The lowest BCUT2D eigenvalue weighted by Crippen LogP contribution is -2.01. The van der Waals surface area contributed by atoms with Crippen LogP contribution in [-0.4, -0.2) is 27.9 Å². The largest absolute Gasteiger partial charge is 0.379 e. The molecule has 4 heteroatoms. The first kappa shape index (κ1) is 6.86. The van der Waals surface area contributed by atoms with E-state index < -0.39 is 0 Å². The van der Waals surface area contributed by atoms with Crippen molar-refractivity contribution in [2.45, 2.75) is 13.7 Å². The third-order valence-corrected chi connectivity index (χ3v) is 0.696. The molecule has 0 atom stereocenters. The summed E-state index contributed by atoms with van der Waals surface area (Å²) in [6.45, 7) is 3.81. The van der Waals surface area contributed by atoms with Gasteiger partial charge in [-0.3, -0.25) is 0 Å². The van der Waals surface area contributed by atoms with Crippen molar-refractivity contribution >= 4 is 27.9 Å². The number of hydrogen-bond acceptors (Lipinski definition) is 1. The molecule has 0 rings (SSSR count). The molecule has 0 fully saturated rings. The highest BCUT2D eigenvalue weighted by molar-refractivity contribution is 6.90. The molecule has 0 aliphatic carbocycles. The van der Waals surface area contributed by atoms with Crippen LogP contribution in [0.3, 0.4) is 0 Å². The lowest BCUT2D eigenvalue weighted by molar-refractivity contribution is 1.81. The topological polar surface area (TPSA) is 12.4 Å². The van der Waals surface area contributed by atoms with Crippen molar-refractivity contribution in [3.63, 3.8) is 0 Å². The van der Waals surface area contributed by atoms with Crippen LogP contribution >= 0.6 is 0 Å². The molecule has 32 valence electrons. The summed E-state index contributed by atoms with van der Waals surface area (Å²) in [5.41, 5.74) is 0.947. The van der Waals surface area contributed by atoms with Gasteiger partial charge in [0.25, 0.3) is 0 Å². The Kier molecular flexibility index (Phi) is 3.96. The summed E-state index contributed by atoms with van der Waals surface area (Å²) >= 11 is 0. The minimum Gasteiger partial charge on any atom is -0.379 e. The van der Waals surface area contributed by atoms with Gasteiger partial charge in [-0.05, 0) is 6.92 Å². The second-order valence-corrected chi connectivity index (χ2v) is 1.21. The molecule has 0 aliphatic rings. The zero-order valence-corrected chi connectivity index (χ0v) is 4.68. The van der Waals surface area contributed by atoms with Gasteiger partial charge in [-0.25, -0.2) is 0 Å². The van der Waals surface area contributed by atoms with Crippen LogP contribution in [0.25, 0.3) is 0 Å². The Labute approximate surface area is 47.5 Å². The number of nitrogens with zero attached hydrogens (tertiary/aromatic N) is 1. The SMILES string of the molecule is [B][B]N=C(C)[B]C. The molecule has 1 nitrogen and oxygen atoms in total. The zero-order chi connectivity index (χ0) is 5.70. The van der Waals surface area contributed by atoms with Gasteiger partial charge in [-0.2, -0.15) is 0 Å². The molecule has 0 bridgehead atoms. The van der Waals surface area contributed by atoms with Gasteiger partial charge in [0.1, 0.15) is 0 Å². The molecule has 0 saturated carbocycles. The Hall–Kier alpha value is -0.135. The quantitative estimate of drug-likeness (QED) is 0.329. The van der Waals surface area contributed by atoms with Crippen molar-refractivity contribution in [1.29, 1.82) is 0 Å². The van der Waals surface area contributed by atoms with E-state index in [4.69, 9.17) is 7.74 Å². The first-order valence-electron chi connectivity index (χ1n) is 2.18. The van der Waals surface area contributed by atoms with Crippen molar-refractivity contribution in [1.82, 2.24) is 0 Å². The molecule has 0 heterocycles. The summed E-state index contributed by atoms with van der Waals surface area (Å²) in [5, 5.41) is 0. The van der Waals surface area contributed by atoms with E-state index >= 15 is 0 Å². The fourth-order valence-corrected chi connectivity index (χ4v) is 0.192. The second-order valence-electron chi connectivity index (χ2n) is 1.21. The Balaban J connectivity index is 3.29. The molecule has 0 unspecified atom stereocenters. The first-order chi connectivity index (χ1) is 3.31. The maximum atomic E-state index is 4.97. The van der Waals surface area contributed by atoms with E-state index in [1.54, 1.807) is 0 Å². The Morgan fingerprint density at radius 3 is 2.43 bits per heavy atom. The summed E-state index contributed by atoms with van der Waals surface area (Å²) in [7, 11) is 8.15. The molecule has 0 spiro atoms. The fourth-order valence-electron chi connectivity index (χ4n) is 0.192. The van der Waals surface area contributed by atoms with E-state index in [1.807, 2.05) is 21.0 Å². The molecule has 0 N–H and O–H groups in total. The molecule has 0 aromatic rings. The highest BCUT2D eigenvalue weighted by atomic mass is 14.6. The zero-order valence-electron chi connectivity index (χ0n) is 4.68. The minimum atomic E-state index is 0.947. The third kappa shape index (κ3) is 3.70. The van der Waals surface area contributed by atoms with E-state index in [9.17, 15) is 0 Å². The van der Waals surface area contributed by atoms with Crippen LogP contribution < -0.4 is 0 Å². The fraction of sp³-hybridized carbons (Fsp3) is 0.667. The predicted molar refractivity (Wildman–Crippen MR) is 36.2 cm³/mol. The van der Waals surface area contributed by atoms with Gasteiger partial charge in [0.05, 0.1) is 0 Å². The van der Waals surface area contributed by atoms with Crippen molar-refractivity contribution < 1.29 is 0 Å². The van der Waals surface area contributed by atoms with E-state index in [-0.39, 0.29) is 0 Å². The molecule has 0 saturated heterocycles. The second kappa shape index (κ2) is 4.04. The van der Waals surface area contributed by atoms with Crippen LogP contribution in [0.15, 0.2) is 4.90 Å². The lowest BCUT2D eigenvalue weighted by Gasteiger charge is -1.87. The van der Waals surface area contributed by atoms with Crippen molar-refractivity contribution in [2.24, 2.45) is 4.90 Å². The summed E-state index contributed by atoms with van der Waals surface area (Å²) in [6, 6.07) is 0. The van der Waals surface area contributed by atoms with Crippen LogP contribution in [0.5, 0.6) is 0 Å². The van der Waals surface area contributed by atoms with Gasteiger partial charge in [-0.1, -0.05) is 12.4 Å². The molecular formula is C3H6B3N. The Bertz CT molecular complexity index is 70.6. The van der Waals surface area contributed by atoms with E-state index in [1.165, 1.54) is 7.31 Å². The molecule has 0 aliphatic heterocycles. The van der Waals surface area contributed by atoms with Crippen molar-refractivity contribution in [3.8, 4) is 0 Å². The molecule has 0 aromatic carbocycles. The molecular weight excluding hydrogens is 82.5 g/mol. The van der Waals surface area contributed by atoms with Crippen molar-refractivity contribution in [3.05, 3.63) is 0 Å². The average Bonchev–Trinajstić information content (AvgIpc) is 1.68. The standard InChI is InChI=1S/C3H6B3N/c1-3(5-2)7-6-4/h1-2H3. The highest BCUT2D eigenvalue weighted by Crippen LogP contribution is 1.68. The van der Waals surface area contributed by atoms with Gasteiger partial charge < -0.3 is 4.90 Å². The number of rotatable bonds is 2. The Morgan fingerprint density at radius 1 is 1.71 bits per heavy atom. The van der Waals surface area contributed by atoms with E-state index in [0.29, 0.717) is 0 Å². The van der Waals surface area contributed by atoms with E-state index in [2.05, 4.69) is 4.90 Å².